The molecule has 6 heteroatoms. The first-order valence-corrected chi connectivity index (χ1v) is 8.18. The lowest BCUT2D eigenvalue weighted by Crippen LogP contribution is -2.41. The van der Waals surface area contributed by atoms with Gasteiger partial charge in [-0.15, -0.1) is 0 Å². The van der Waals surface area contributed by atoms with Crippen molar-refractivity contribution < 1.29 is 14.3 Å². The Balaban J connectivity index is 1.80. The van der Waals surface area contributed by atoms with Crippen LogP contribution in [0.2, 0.25) is 0 Å². The van der Waals surface area contributed by atoms with Gasteiger partial charge in [-0.25, -0.2) is 4.79 Å². The standard InChI is InChI=1S/C19H21N3O3/c1-25-17-9-7-16(8-10-17)21(13-15-5-3-2-4-6-15)14-18(23)22-12-11-20-19(22)24/h2-10H,11-14H2,1H3,(H,20,24). The first-order chi connectivity index (χ1) is 12.2. The highest BCUT2D eigenvalue weighted by Crippen LogP contribution is 2.21. The van der Waals surface area contributed by atoms with E-state index in [-0.39, 0.29) is 18.5 Å². The fourth-order valence-corrected chi connectivity index (χ4v) is 2.79. The molecular weight excluding hydrogens is 318 g/mol. The van der Waals surface area contributed by atoms with Crippen LogP contribution in [-0.2, 0) is 11.3 Å². The van der Waals surface area contributed by atoms with Crippen molar-refractivity contribution in [3.05, 3.63) is 60.2 Å². The van der Waals surface area contributed by atoms with Crippen molar-refractivity contribution in [2.75, 3.05) is 31.6 Å². The molecule has 130 valence electrons. The quantitative estimate of drug-likeness (QED) is 0.877. The topological polar surface area (TPSA) is 61.9 Å². The van der Waals surface area contributed by atoms with Crippen LogP contribution in [0.3, 0.4) is 0 Å². The zero-order valence-corrected chi connectivity index (χ0v) is 14.1. The first-order valence-electron chi connectivity index (χ1n) is 8.18. The maximum Gasteiger partial charge on any atom is 0.324 e. The number of amides is 3. The number of urea groups is 1. The lowest BCUT2D eigenvalue weighted by molar-refractivity contribution is -0.126. The number of imide groups is 1. The number of rotatable bonds is 6. The van der Waals surface area contributed by atoms with E-state index in [0.717, 1.165) is 17.0 Å². The van der Waals surface area contributed by atoms with Crippen molar-refractivity contribution in [3.63, 3.8) is 0 Å². The molecule has 0 aliphatic carbocycles. The molecule has 0 saturated carbocycles. The normalized spacial score (nSPS) is 13.5. The highest BCUT2D eigenvalue weighted by atomic mass is 16.5. The average molecular weight is 339 g/mol. The van der Waals surface area contributed by atoms with Gasteiger partial charge in [-0.2, -0.15) is 0 Å². The molecule has 0 aromatic heterocycles. The smallest absolute Gasteiger partial charge is 0.324 e. The minimum absolute atomic E-state index is 0.134. The van der Waals surface area contributed by atoms with Crippen LogP contribution in [-0.4, -0.2) is 43.6 Å². The van der Waals surface area contributed by atoms with E-state index in [0.29, 0.717) is 19.6 Å². The molecule has 1 fully saturated rings. The van der Waals surface area contributed by atoms with Gasteiger partial charge in [-0.1, -0.05) is 30.3 Å². The van der Waals surface area contributed by atoms with Crippen molar-refractivity contribution in [3.8, 4) is 5.75 Å². The van der Waals surface area contributed by atoms with E-state index in [1.807, 2.05) is 59.5 Å². The van der Waals surface area contributed by atoms with Crippen molar-refractivity contribution >= 4 is 17.6 Å². The molecular formula is C19H21N3O3. The summed E-state index contributed by atoms with van der Waals surface area (Å²) >= 11 is 0. The van der Waals surface area contributed by atoms with Gasteiger partial charge in [0.15, 0.2) is 0 Å². The van der Waals surface area contributed by atoms with Gasteiger partial charge >= 0.3 is 6.03 Å². The van der Waals surface area contributed by atoms with Gasteiger partial charge in [-0.05, 0) is 29.8 Å². The Labute approximate surface area is 147 Å². The molecule has 1 heterocycles. The highest BCUT2D eigenvalue weighted by molar-refractivity contribution is 5.97. The Kier molecular flexibility index (Phi) is 5.18. The number of nitrogens with one attached hydrogen (secondary N) is 1. The van der Waals surface area contributed by atoms with E-state index in [1.165, 1.54) is 4.90 Å². The predicted octanol–water partition coefficient (Wildman–Crippen LogP) is 2.25. The third-order valence-electron chi connectivity index (χ3n) is 4.14. The second kappa shape index (κ2) is 7.70. The van der Waals surface area contributed by atoms with Gasteiger partial charge in [0.1, 0.15) is 5.75 Å². The Hall–Kier alpha value is -3.02. The van der Waals surface area contributed by atoms with E-state index < -0.39 is 0 Å². The van der Waals surface area contributed by atoms with Crippen molar-refractivity contribution in [2.45, 2.75) is 6.54 Å². The monoisotopic (exact) mass is 339 g/mol. The summed E-state index contributed by atoms with van der Waals surface area (Å²) in [7, 11) is 1.62. The van der Waals surface area contributed by atoms with Crippen LogP contribution in [0.15, 0.2) is 54.6 Å². The minimum atomic E-state index is -0.320. The molecule has 1 N–H and O–H groups in total. The largest absolute Gasteiger partial charge is 0.497 e. The van der Waals surface area contributed by atoms with Gasteiger partial charge in [0.05, 0.1) is 13.7 Å². The van der Waals surface area contributed by atoms with Gasteiger partial charge in [0, 0.05) is 25.3 Å². The number of benzene rings is 2. The number of methoxy groups -OCH3 is 1. The summed E-state index contributed by atoms with van der Waals surface area (Å²) in [6.45, 7) is 1.63. The Morgan fingerprint density at radius 1 is 1.16 bits per heavy atom. The van der Waals surface area contributed by atoms with Crippen LogP contribution in [0, 0.1) is 0 Å². The summed E-state index contributed by atoms with van der Waals surface area (Å²) in [4.78, 5) is 27.5. The van der Waals surface area contributed by atoms with Gasteiger partial charge in [0.25, 0.3) is 0 Å². The SMILES string of the molecule is COc1ccc(N(CC(=O)N2CCNC2=O)Cc2ccccc2)cc1. The molecule has 3 amide bonds. The average Bonchev–Trinajstić information content (AvgIpc) is 3.08. The summed E-state index contributed by atoms with van der Waals surface area (Å²) in [5, 5.41) is 2.66. The molecule has 0 spiro atoms. The molecule has 2 aromatic carbocycles. The van der Waals surface area contributed by atoms with Crippen LogP contribution >= 0.6 is 0 Å². The third-order valence-corrected chi connectivity index (χ3v) is 4.14. The number of carbonyl (C=O) groups excluding carboxylic acids is 2. The Morgan fingerprint density at radius 2 is 1.88 bits per heavy atom. The van der Waals surface area contributed by atoms with Crippen LogP contribution < -0.4 is 15.0 Å². The van der Waals surface area contributed by atoms with E-state index in [9.17, 15) is 9.59 Å². The predicted molar refractivity (Wildman–Crippen MR) is 95.6 cm³/mol. The molecule has 2 aromatic rings. The number of ether oxygens (including phenoxy) is 1. The van der Waals surface area contributed by atoms with E-state index in [2.05, 4.69) is 5.32 Å². The third kappa shape index (κ3) is 4.09. The number of anilines is 1. The fourth-order valence-electron chi connectivity index (χ4n) is 2.79. The summed E-state index contributed by atoms with van der Waals surface area (Å²) in [5.74, 6) is 0.551. The first kappa shape index (κ1) is 16.8. The molecule has 0 radical (unpaired) electrons. The molecule has 1 saturated heterocycles. The van der Waals surface area contributed by atoms with Crippen LogP contribution in [0.4, 0.5) is 10.5 Å². The number of hydrogen-bond acceptors (Lipinski definition) is 4. The lowest BCUT2D eigenvalue weighted by atomic mass is 10.2. The van der Waals surface area contributed by atoms with Crippen molar-refractivity contribution in [1.29, 1.82) is 0 Å². The molecule has 0 bridgehead atoms. The van der Waals surface area contributed by atoms with Crippen molar-refractivity contribution in [2.24, 2.45) is 0 Å². The maximum absolute atomic E-state index is 12.6. The molecule has 1 aliphatic rings. The summed E-state index contributed by atoms with van der Waals surface area (Å²) in [5.41, 5.74) is 1.99. The summed E-state index contributed by atoms with van der Waals surface area (Å²) in [6, 6.07) is 17.2. The molecule has 25 heavy (non-hydrogen) atoms. The van der Waals surface area contributed by atoms with E-state index >= 15 is 0 Å². The van der Waals surface area contributed by atoms with Crippen LogP contribution in [0.5, 0.6) is 5.75 Å². The molecule has 0 unspecified atom stereocenters. The van der Waals surface area contributed by atoms with Gasteiger partial charge in [0.2, 0.25) is 5.91 Å². The molecule has 0 atom stereocenters. The van der Waals surface area contributed by atoms with Crippen LogP contribution in [0.1, 0.15) is 5.56 Å². The van der Waals surface area contributed by atoms with E-state index in [1.54, 1.807) is 7.11 Å². The van der Waals surface area contributed by atoms with Gasteiger partial charge in [-0.3, -0.25) is 9.69 Å². The number of hydrogen-bond donors (Lipinski definition) is 1. The maximum atomic E-state index is 12.6. The highest BCUT2D eigenvalue weighted by Gasteiger charge is 2.27. The summed E-state index contributed by atoms with van der Waals surface area (Å²) < 4.78 is 5.20. The van der Waals surface area contributed by atoms with Gasteiger partial charge < -0.3 is 15.0 Å². The van der Waals surface area contributed by atoms with Crippen molar-refractivity contribution in [1.82, 2.24) is 10.2 Å². The lowest BCUT2D eigenvalue weighted by Gasteiger charge is -2.26. The zero-order valence-electron chi connectivity index (χ0n) is 14.1. The molecule has 1 aliphatic heterocycles. The molecule has 3 rings (SSSR count). The summed E-state index contributed by atoms with van der Waals surface area (Å²) in [6.07, 6.45) is 0. The molecule has 6 nitrogen and oxygen atoms in total. The minimum Gasteiger partial charge on any atom is -0.497 e. The second-order valence-corrected chi connectivity index (χ2v) is 5.82. The zero-order chi connectivity index (χ0) is 17.6. The second-order valence-electron chi connectivity index (χ2n) is 5.82. The fraction of sp³-hybridized carbons (Fsp3) is 0.263. The van der Waals surface area contributed by atoms with E-state index in [4.69, 9.17) is 4.74 Å². The Bertz CT molecular complexity index is 731. The number of nitrogens with zero attached hydrogens (tertiary/aromatic N) is 2. The number of carbonyl (C=O) groups is 2. The Morgan fingerprint density at radius 3 is 2.48 bits per heavy atom. The van der Waals surface area contributed by atoms with Crippen LogP contribution in [0.25, 0.3) is 0 Å².